The van der Waals surface area contributed by atoms with Crippen molar-refractivity contribution < 1.29 is 9.59 Å². The summed E-state index contributed by atoms with van der Waals surface area (Å²) in [5.74, 6) is 0.126. The molecule has 0 bridgehead atoms. The van der Waals surface area contributed by atoms with Crippen molar-refractivity contribution in [2.45, 2.75) is 70.4 Å². The van der Waals surface area contributed by atoms with Crippen LogP contribution in [0.5, 0.6) is 0 Å². The average Bonchev–Trinajstić information content (AvgIpc) is 2.34. The second-order valence-corrected chi connectivity index (χ2v) is 5.89. The molecule has 1 atom stereocenters. The Morgan fingerprint density at radius 2 is 1.94 bits per heavy atom. The van der Waals surface area contributed by atoms with E-state index < -0.39 is 0 Å². The third kappa shape index (κ3) is 2.52. The SMILES string of the molecule is CCCC1NC(=O)CN(C2(C)CCCCC2)C1=O. The lowest BCUT2D eigenvalue weighted by Crippen LogP contribution is -2.64. The Hall–Kier alpha value is -1.06. The number of rotatable bonds is 3. The second-order valence-electron chi connectivity index (χ2n) is 5.89. The zero-order chi connectivity index (χ0) is 13.2. The molecule has 1 heterocycles. The van der Waals surface area contributed by atoms with E-state index in [1.54, 1.807) is 0 Å². The predicted molar refractivity (Wildman–Crippen MR) is 70.0 cm³/mol. The Bertz CT molecular complexity index is 335. The van der Waals surface area contributed by atoms with Crippen LogP contribution in [0.15, 0.2) is 0 Å². The van der Waals surface area contributed by atoms with E-state index in [0.29, 0.717) is 0 Å². The van der Waals surface area contributed by atoms with E-state index in [1.165, 1.54) is 19.3 Å². The summed E-state index contributed by atoms with van der Waals surface area (Å²) in [7, 11) is 0. The highest BCUT2D eigenvalue weighted by molar-refractivity contribution is 5.95. The zero-order valence-electron chi connectivity index (χ0n) is 11.5. The molecule has 0 spiro atoms. The second kappa shape index (κ2) is 5.29. The number of nitrogens with zero attached hydrogens (tertiary/aromatic N) is 1. The van der Waals surface area contributed by atoms with Crippen LogP contribution >= 0.6 is 0 Å². The first kappa shape index (κ1) is 13.4. The number of carbonyl (C=O) groups is 2. The first-order valence-electron chi connectivity index (χ1n) is 7.18. The Kier molecular flexibility index (Phi) is 3.93. The van der Waals surface area contributed by atoms with Crippen LogP contribution in [0.3, 0.4) is 0 Å². The number of amides is 2. The largest absolute Gasteiger partial charge is 0.343 e. The van der Waals surface area contributed by atoms with Crippen molar-refractivity contribution in [2.24, 2.45) is 0 Å². The average molecular weight is 252 g/mol. The summed E-state index contributed by atoms with van der Waals surface area (Å²) in [5, 5.41) is 2.82. The topological polar surface area (TPSA) is 49.4 Å². The van der Waals surface area contributed by atoms with Crippen molar-refractivity contribution in [3.63, 3.8) is 0 Å². The van der Waals surface area contributed by atoms with Gasteiger partial charge in [-0.05, 0) is 26.2 Å². The summed E-state index contributed by atoms with van der Waals surface area (Å²) < 4.78 is 0. The molecule has 1 saturated carbocycles. The van der Waals surface area contributed by atoms with Gasteiger partial charge in [-0.2, -0.15) is 0 Å². The van der Waals surface area contributed by atoms with E-state index in [1.807, 2.05) is 11.8 Å². The molecule has 2 aliphatic rings. The maximum atomic E-state index is 12.5. The van der Waals surface area contributed by atoms with Crippen LogP contribution in [0.4, 0.5) is 0 Å². The van der Waals surface area contributed by atoms with Crippen molar-refractivity contribution in [3.05, 3.63) is 0 Å². The van der Waals surface area contributed by atoms with E-state index >= 15 is 0 Å². The van der Waals surface area contributed by atoms with Crippen molar-refractivity contribution in [1.29, 1.82) is 0 Å². The maximum Gasteiger partial charge on any atom is 0.246 e. The van der Waals surface area contributed by atoms with Crippen LogP contribution in [0.2, 0.25) is 0 Å². The lowest BCUT2D eigenvalue weighted by molar-refractivity contribution is -0.151. The molecule has 4 heteroatoms. The quantitative estimate of drug-likeness (QED) is 0.833. The molecule has 0 aromatic heterocycles. The van der Waals surface area contributed by atoms with Crippen LogP contribution in [0.25, 0.3) is 0 Å². The van der Waals surface area contributed by atoms with Gasteiger partial charge < -0.3 is 10.2 Å². The van der Waals surface area contributed by atoms with E-state index in [9.17, 15) is 9.59 Å². The molecule has 1 N–H and O–H groups in total. The minimum absolute atomic E-state index is 0.000140. The normalized spacial score (nSPS) is 28.1. The molecule has 2 fully saturated rings. The molecular weight excluding hydrogens is 228 g/mol. The Morgan fingerprint density at radius 1 is 1.28 bits per heavy atom. The molecular formula is C14H24N2O2. The van der Waals surface area contributed by atoms with Crippen molar-refractivity contribution in [2.75, 3.05) is 6.54 Å². The van der Waals surface area contributed by atoms with Gasteiger partial charge in [-0.15, -0.1) is 0 Å². The Labute approximate surface area is 109 Å². The number of carbonyl (C=O) groups excluding carboxylic acids is 2. The molecule has 1 unspecified atom stereocenters. The van der Waals surface area contributed by atoms with Crippen molar-refractivity contribution in [3.8, 4) is 0 Å². The summed E-state index contributed by atoms with van der Waals surface area (Å²) >= 11 is 0. The molecule has 1 saturated heterocycles. The zero-order valence-corrected chi connectivity index (χ0v) is 11.5. The van der Waals surface area contributed by atoms with Gasteiger partial charge in [-0.1, -0.05) is 32.6 Å². The molecule has 2 rings (SSSR count). The summed E-state index contributed by atoms with van der Waals surface area (Å²) in [5.41, 5.74) is -0.0981. The summed E-state index contributed by atoms with van der Waals surface area (Å²) in [6.07, 6.45) is 7.32. The molecule has 0 aromatic carbocycles. The van der Waals surface area contributed by atoms with E-state index in [-0.39, 0.29) is 29.9 Å². The van der Waals surface area contributed by atoms with E-state index in [0.717, 1.165) is 25.7 Å². The third-order valence-corrected chi connectivity index (χ3v) is 4.36. The predicted octanol–water partition coefficient (Wildman–Crippen LogP) is 1.84. The lowest BCUT2D eigenvalue weighted by atomic mass is 9.81. The van der Waals surface area contributed by atoms with Gasteiger partial charge in [0.05, 0.1) is 0 Å². The van der Waals surface area contributed by atoms with Crippen LogP contribution in [0.1, 0.15) is 58.8 Å². The molecule has 1 aliphatic carbocycles. The molecule has 18 heavy (non-hydrogen) atoms. The van der Waals surface area contributed by atoms with Crippen molar-refractivity contribution in [1.82, 2.24) is 10.2 Å². The van der Waals surface area contributed by atoms with Gasteiger partial charge in [0.25, 0.3) is 0 Å². The van der Waals surface area contributed by atoms with Gasteiger partial charge in [0.15, 0.2) is 0 Å². The minimum atomic E-state index is -0.296. The van der Waals surface area contributed by atoms with Crippen LogP contribution < -0.4 is 5.32 Å². The van der Waals surface area contributed by atoms with E-state index in [2.05, 4.69) is 12.2 Å². The standard InChI is InChI=1S/C14H24N2O2/c1-3-7-11-13(18)16(10-12(17)15-11)14(2)8-5-4-6-9-14/h11H,3-10H2,1-2H3,(H,15,17). The highest BCUT2D eigenvalue weighted by Crippen LogP contribution is 2.34. The number of hydrogen-bond acceptors (Lipinski definition) is 2. The van der Waals surface area contributed by atoms with Crippen molar-refractivity contribution >= 4 is 11.8 Å². The Balaban J connectivity index is 2.14. The van der Waals surface area contributed by atoms with Crippen LogP contribution in [0, 0.1) is 0 Å². The van der Waals surface area contributed by atoms with Crippen LogP contribution in [-0.4, -0.2) is 34.8 Å². The molecule has 4 nitrogen and oxygen atoms in total. The first-order valence-corrected chi connectivity index (χ1v) is 7.18. The van der Waals surface area contributed by atoms with Gasteiger partial charge >= 0.3 is 0 Å². The Morgan fingerprint density at radius 3 is 2.56 bits per heavy atom. The summed E-state index contributed by atoms with van der Waals surface area (Å²) in [4.78, 5) is 26.1. The molecule has 0 radical (unpaired) electrons. The summed E-state index contributed by atoms with van der Waals surface area (Å²) in [6.45, 7) is 4.43. The number of hydrogen-bond donors (Lipinski definition) is 1. The molecule has 2 amide bonds. The van der Waals surface area contributed by atoms with Gasteiger partial charge in [0.1, 0.15) is 12.6 Å². The molecule has 0 aromatic rings. The maximum absolute atomic E-state index is 12.5. The fourth-order valence-electron chi connectivity index (χ4n) is 3.24. The smallest absolute Gasteiger partial charge is 0.246 e. The van der Waals surface area contributed by atoms with Gasteiger partial charge in [0.2, 0.25) is 11.8 Å². The fourth-order valence-corrected chi connectivity index (χ4v) is 3.24. The monoisotopic (exact) mass is 252 g/mol. The fraction of sp³-hybridized carbons (Fsp3) is 0.857. The highest BCUT2D eigenvalue weighted by Gasteiger charge is 2.42. The first-order chi connectivity index (χ1) is 8.57. The number of piperazine rings is 1. The molecule has 1 aliphatic heterocycles. The molecule has 102 valence electrons. The minimum Gasteiger partial charge on any atom is -0.343 e. The highest BCUT2D eigenvalue weighted by atomic mass is 16.2. The van der Waals surface area contributed by atoms with Gasteiger partial charge in [-0.3, -0.25) is 9.59 Å². The van der Waals surface area contributed by atoms with Gasteiger partial charge in [-0.25, -0.2) is 0 Å². The van der Waals surface area contributed by atoms with E-state index in [4.69, 9.17) is 0 Å². The lowest BCUT2D eigenvalue weighted by Gasteiger charge is -2.47. The third-order valence-electron chi connectivity index (χ3n) is 4.36. The van der Waals surface area contributed by atoms with Gasteiger partial charge in [0, 0.05) is 5.54 Å². The number of nitrogens with one attached hydrogen (secondary N) is 1. The van der Waals surface area contributed by atoms with Crippen LogP contribution in [-0.2, 0) is 9.59 Å². The summed E-state index contributed by atoms with van der Waals surface area (Å²) in [6, 6.07) is -0.296.